The molecule has 1 aromatic carbocycles. The lowest BCUT2D eigenvalue weighted by Crippen LogP contribution is -2.42. The van der Waals surface area contributed by atoms with Crippen molar-refractivity contribution in [2.24, 2.45) is 5.41 Å². The molecule has 0 saturated heterocycles. The van der Waals surface area contributed by atoms with Gasteiger partial charge in [0.2, 0.25) is 0 Å². The molecule has 21 heavy (non-hydrogen) atoms. The Morgan fingerprint density at radius 3 is 2.62 bits per heavy atom. The van der Waals surface area contributed by atoms with E-state index in [1.165, 1.54) is 0 Å². The summed E-state index contributed by atoms with van der Waals surface area (Å²) in [5, 5.41) is 14.8. The molecule has 114 valence electrons. The van der Waals surface area contributed by atoms with Crippen molar-refractivity contribution in [3.63, 3.8) is 0 Å². The van der Waals surface area contributed by atoms with E-state index in [0.717, 1.165) is 22.9 Å². The first-order valence-corrected chi connectivity index (χ1v) is 7.77. The summed E-state index contributed by atoms with van der Waals surface area (Å²) in [5.41, 5.74) is 0.899. The average Bonchev–Trinajstić information content (AvgIpc) is 2.91. The first-order chi connectivity index (χ1) is 9.93. The summed E-state index contributed by atoms with van der Waals surface area (Å²) in [7, 11) is 0. The monoisotopic (exact) mass is 354 g/mol. The van der Waals surface area contributed by atoms with Crippen LogP contribution in [0.3, 0.4) is 0 Å². The fraction of sp³-hybridized carbons (Fsp3) is 0.467. The van der Waals surface area contributed by atoms with Crippen LogP contribution in [0.15, 0.2) is 22.7 Å². The number of carboxylic acids is 1. The molecule has 0 unspecified atom stereocenters. The van der Waals surface area contributed by atoms with Gasteiger partial charge >= 0.3 is 12.0 Å². The average molecular weight is 355 g/mol. The van der Waals surface area contributed by atoms with Crippen LogP contribution in [0.25, 0.3) is 0 Å². The van der Waals surface area contributed by atoms with Gasteiger partial charge in [0, 0.05) is 11.0 Å². The molecule has 0 aliphatic heterocycles. The second-order valence-corrected chi connectivity index (χ2v) is 6.44. The highest BCUT2D eigenvalue weighted by Crippen LogP contribution is 2.37. The van der Waals surface area contributed by atoms with Crippen molar-refractivity contribution in [2.75, 3.05) is 11.9 Å². The standard InChI is InChI=1S/C15H19BrN2O3/c1-10-4-5-11(16)12(8-10)18-14(21)17-9-15(13(19)20)6-2-3-7-15/h4-5,8H,2-3,6-7,9H2,1H3,(H,19,20)(H2,17,18,21). The number of aryl methyl sites for hydroxylation is 1. The van der Waals surface area contributed by atoms with Crippen LogP contribution in [0.1, 0.15) is 31.2 Å². The summed E-state index contributed by atoms with van der Waals surface area (Å²) in [6.07, 6.45) is 3.05. The Labute approximate surface area is 132 Å². The lowest BCUT2D eigenvalue weighted by molar-refractivity contribution is -0.148. The molecule has 5 nitrogen and oxygen atoms in total. The number of benzene rings is 1. The first kappa shape index (κ1) is 15.8. The third kappa shape index (κ3) is 3.75. The van der Waals surface area contributed by atoms with Crippen molar-refractivity contribution in [2.45, 2.75) is 32.6 Å². The number of urea groups is 1. The van der Waals surface area contributed by atoms with Crippen molar-refractivity contribution in [3.05, 3.63) is 28.2 Å². The van der Waals surface area contributed by atoms with Crippen molar-refractivity contribution < 1.29 is 14.7 Å². The van der Waals surface area contributed by atoms with E-state index in [0.29, 0.717) is 18.5 Å². The van der Waals surface area contributed by atoms with Gasteiger partial charge < -0.3 is 15.7 Å². The van der Waals surface area contributed by atoms with E-state index in [9.17, 15) is 14.7 Å². The Kier molecular flexibility index (Phi) is 4.88. The summed E-state index contributed by atoms with van der Waals surface area (Å²) in [6.45, 7) is 2.10. The predicted octanol–water partition coefficient (Wildman–Crippen LogP) is 3.52. The quantitative estimate of drug-likeness (QED) is 0.773. The Morgan fingerprint density at radius 2 is 2.00 bits per heavy atom. The van der Waals surface area contributed by atoms with Crippen LogP contribution in [0.2, 0.25) is 0 Å². The zero-order valence-corrected chi connectivity index (χ0v) is 13.5. The van der Waals surface area contributed by atoms with Gasteiger partial charge in [0.05, 0.1) is 11.1 Å². The third-order valence-electron chi connectivity index (χ3n) is 3.97. The number of carbonyl (C=O) groups is 2. The van der Waals surface area contributed by atoms with Gasteiger partial charge in [0.25, 0.3) is 0 Å². The van der Waals surface area contributed by atoms with Crippen LogP contribution < -0.4 is 10.6 Å². The lowest BCUT2D eigenvalue weighted by atomic mass is 9.86. The molecule has 2 rings (SSSR count). The van der Waals surface area contributed by atoms with Gasteiger partial charge in [-0.05, 0) is 53.4 Å². The normalized spacial score (nSPS) is 16.5. The Hall–Kier alpha value is -1.56. The van der Waals surface area contributed by atoms with Crippen LogP contribution in [-0.2, 0) is 4.79 Å². The number of carboxylic acid groups (broad SMARTS) is 1. The van der Waals surface area contributed by atoms with Crippen molar-refractivity contribution in [1.29, 1.82) is 0 Å². The smallest absolute Gasteiger partial charge is 0.319 e. The Balaban J connectivity index is 1.96. The number of nitrogens with one attached hydrogen (secondary N) is 2. The molecule has 0 heterocycles. The summed E-state index contributed by atoms with van der Waals surface area (Å²) < 4.78 is 0.789. The minimum Gasteiger partial charge on any atom is -0.481 e. The molecule has 6 heteroatoms. The summed E-state index contributed by atoms with van der Waals surface area (Å²) in [4.78, 5) is 23.4. The highest BCUT2D eigenvalue weighted by molar-refractivity contribution is 9.10. The van der Waals surface area contributed by atoms with Crippen LogP contribution in [0.5, 0.6) is 0 Å². The Morgan fingerprint density at radius 1 is 1.33 bits per heavy atom. The van der Waals surface area contributed by atoms with Gasteiger partial charge in [-0.1, -0.05) is 18.9 Å². The number of rotatable bonds is 4. The lowest BCUT2D eigenvalue weighted by Gasteiger charge is -2.24. The number of hydrogen-bond acceptors (Lipinski definition) is 2. The van der Waals surface area contributed by atoms with Gasteiger partial charge in [-0.3, -0.25) is 4.79 Å². The maximum atomic E-state index is 12.0. The zero-order chi connectivity index (χ0) is 15.5. The molecular weight excluding hydrogens is 336 g/mol. The number of hydrogen-bond donors (Lipinski definition) is 3. The van der Waals surface area contributed by atoms with E-state index < -0.39 is 11.4 Å². The van der Waals surface area contributed by atoms with Crippen molar-refractivity contribution >= 4 is 33.6 Å². The maximum Gasteiger partial charge on any atom is 0.319 e. The van der Waals surface area contributed by atoms with Crippen LogP contribution in [0, 0.1) is 12.3 Å². The number of carbonyl (C=O) groups excluding carboxylic acids is 1. The largest absolute Gasteiger partial charge is 0.481 e. The predicted molar refractivity (Wildman–Crippen MR) is 84.4 cm³/mol. The molecule has 1 aliphatic carbocycles. The molecule has 0 aromatic heterocycles. The van der Waals surface area contributed by atoms with E-state index in [4.69, 9.17) is 0 Å². The molecule has 0 atom stereocenters. The zero-order valence-electron chi connectivity index (χ0n) is 11.9. The molecular formula is C15H19BrN2O3. The second-order valence-electron chi connectivity index (χ2n) is 5.58. The first-order valence-electron chi connectivity index (χ1n) is 6.97. The van der Waals surface area contributed by atoms with Crippen molar-refractivity contribution in [3.8, 4) is 0 Å². The second kappa shape index (κ2) is 6.47. The van der Waals surface area contributed by atoms with Gasteiger partial charge in [0.1, 0.15) is 0 Å². The maximum absolute atomic E-state index is 12.0. The van der Waals surface area contributed by atoms with Crippen molar-refractivity contribution in [1.82, 2.24) is 5.32 Å². The van der Waals surface area contributed by atoms with Crippen LogP contribution >= 0.6 is 15.9 Å². The van der Waals surface area contributed by atoms with E-state index in [2.05, 4.69) is 26.6 Å². The molecule has 0 bridgehead atoms. The molecule has 1 aliphatic rings. The number of amides is 2. The van der Waals surface area contributed by atoms with E-state index >= 15 is 0 Å². The molecule has 1 fully saturated rings. The number of halogens is 1. The topological polar surface area (TPSA) is 78.4 Å². The number of anilines is 1. The van der Waals surface area contributed by atoms with E-state index in [1.54, 1.807) is 0 Å². The highest BCUT2D eigenvalue weighted by Gasteiger charge is 2.41. The molecule has 0 radical (unpaired) electrons. The fourth-order valence-corrected chi connectivity index (χ4v) is 3.01. The van der Waals surface area contributed by atoms with Gasteiger partial charge in [0.15, 0.2) is 0 Å². The highest BCUT2D eigenvalue weighted by atomic mass is 79.9. The minimum absolute atomic E-state index is 0.164. The number of aliphatic carboxylic acids is 1. The van der Waals surface area contributed by atoms with Crippen LogP contribution in [-0.4, -0.2) is 23.7 Å². The summed E-state index contributed by atoms with van der Waals surface area (Å²) in [5.74, 6) is -0.822. The third-order valence-corrected chi connectivity index (χ3v) is 4.66. The molecule has 1 saturated carbocycles. The molecule has 2 amide bonds. The van der Waals surface area contributed by atoms with Gasteiger partial charge in [-0.2, -0.15) is 0 Å². The van der Waals surface area contributed by atoms with Gasteiger partial charge in [-0.25, -0.2) is 4.79 Å². The summed E-state index contributed by atoms with van der Waals surface area (Å²) >= 11 is 3.37. The van der Waals surface area contributed by atoms with E-state index in [-0.39, 0.29) is 12.6 Å². The molecule has 3 N–H and O–H groups in total. The summed E-state index contributed by atoms with van der Waals surface area (Å²) in [6, 6.07) is 5.27. The fourth-order valence-electron chi connectivity index (χ4n) is 2.67. The SMILES string of the molecule is Cc1ccc(Br)c(NC(=O)NCC2(C(=O)O)CCCC2)c1. The molecule has 0 spiro atoms. The molecule has 1 aromatic rings. The van der Waals surface area contributed by atoms with Crippen LogP contribution in [0.4, 0.5) is 10.5 Å². The minimum atomic E-state index is -0.822. The van der Waals surface area contributed by atoms with E-state index in [1.807, 2.05) is 25.1 Å². The van der Waals surface area contributed by atoms with Gasteiger partial charge in [-0.15, -0.1) is 0 Å². The Bertz CT molecular complexity index is 554.